The second-order valence-corrected chi connectivity index (χ2v) is 5.36. The van der Waals surface area contributed by atoms with E-state index in [1.165, 1.54) is 0 Å². The van der Waals surface area contributed by atoms with E-state index in [9.17, 15) is 0 Å². The molecule has 20 heavy (non-hydrogen) atoms. The Morgan fingerprint density at radius 1 is 1.15 bits per heavy atom. The topological polar surface area (TPSA) is 84.9 Å². The van der Waals surface area contributed by atoms with Gasteiger partial charge >= 0.3 is 6.01 Å². The molecule has 0 aliphatic heterocycles. The van der Waals surface area contributed by atoms with E-state index in [4.69, 9.17) is 15.9 Å². The SMILES string of the molecule is Cc1cc(C(=N)N)nc(Oc2cc(C)c(Br)c(C)c2)n1. The number of ether oxygens (including phenoxy) is 1. The lowest BCUT2D eigenvalue weighted by Gasteiger charge is -2.09. The third-order valence-electron chi connectivity index (χ3n) is 2.73. The summed E-state index contributed by atoms with van der Waals surface area (Å²) >= 11 is 3.51. The third kappa shape index (κ3) is 3.14. The Kier molecular flexibility index (Phi) is 4.04. The van der Waals surface area contributed by atoms with E-state index in [-0.39, 0.29) is 11.8 Å². The van der Waals surface area contributed by atoms with Crippen molar-refractivity contribution in [3.63, 3.8) is 0 Å². The summed E-state index contributed by atoms with van der Waals surface area (Å²) < 4.78 is 6.73. The molecule has 1 aromatic heterocycles. The Bertz CT molecular complexity index is 662. The van der Waals surface area contributed by atoms with Crippen molar-refractivity contribution in [2.75, 3.05) is 0 Å². The van der Waals surface area contributed by atoms with Crippen molar-refractivity contribution in [3.8, 4) is 11.8 Å². The molecule has 0 saturated heterocycles. The van der Waals surface area contributed by atoms with Crippen LogP contribution in [-0.4, -0.2) is 15.8 Å². The van der Waals surface area contributed by atoms with E-state index < -0.39 is 0 Å². The molecule has 5 nitrogen and oxygen atoms in total. The van der Waals surface area contributed by atoms with Gasteiger partial charge in [-0.1, -0.05) is 15.9 Å². The summed E-state index contributed by atoms with van der Waals surface area (Å²) in [6, 6.07) is 5.64. The quantitative estimate of drug-likeness (QED) is 0.666. The molecule has 1 heterocycles. The van der Waals surface area contributed by atoms with Gasteiger partial charge in [0.15, 0.2) is 0 Å². The molecular formula is C14H15BrN4O. The maximum Gasteiger partial charge on any atom is 0.322 e. The fourth-order valence-corrected chi connectivity index (χ4v) is 2.02. The van der Waals surface area contributed by atoms with Gasteiger partial charge in [0.2, 0.25) is 0 Å². The van der Waals surface area contributed by atoms with Gasteiger partial charge in [-0.2, -0.15) is 4.98 Å². The summed E-state index contributed by atoms with van der Waals surface area (Å²) in [5.74, 6) is 0.548. The van der Waals surface area contributed by atoms with Gasteiger partial charge in [-0.3, -0.25) is 5.41 Å². The zero-order chi connectivity index (χ0) is 14.9. The van der Waals surface area contributed by atoms with Gasteiger partial charge in [0.05, 0.1) is 0 Å². The minimum absolute atomic E-state index is 0.108. The number of nitrogens with one attached hydrogen (secondary N) is 1. The molecule has 0 aliphatic rings. The molecule has 0 bridgehead atoms. The van der Waals surface area contributed by atoms with Gasteiger partial charge in [0.1, 0.15) is 17.3 Å². The lowest BCUT2D eigenvalue weighted by atomic mass is 10.1. The summed E-state index contributed by atoms with van der Waals surface area (Å²) in [5.41, 5.74) is 8.64. The van der Waals surface area contributed by atoms with Crippen molar-refractivity contribution in [3.05, 3.63) is 45.2 Å². The molecule has 0 spiro atoms. The van der Waals surface area contributed by atoms with E-state index >= 15 is 0 Å². The third-order valence-corrected chi connectivity index (χ3v) is 3.98. The summed E-state index contributed by atoms with van der Waals surface area (Å²) in [6.07, 6.45) is 0. The number of hydrogen-bond donors (Lipinski definition) is 2. The summed E-state index contributed by atoms with van der Waals surface area (Å²) in [7, 11) is 0. The van der Waals surface area contributed by atoms with Crippen molar-refractivity contribution in [1.29, 1.82) is 5.41 Å². The molecule has 0 amide bonds. The summed E-state index contributed by atoms with van der Waals surface area (Å²) in [5, 5.41) is 7.43. The first kappa shape index (κ1) is 14.5. The Morgan fingerprint density at radius 3 is 2.30 bits per heavy atom. The van der Waals surface area contributed by atoms with Crippen LogP contribution in [0.4, 0.5) is 0 Å². The van der Waals surface area contributed by atoms with Crippen LogP contribution in [0.15, 0.2) is 22.7 Å². The molecule has 6 heteroatoms. The largest absolute Gasteiger partial charge is 0.424 e. The highest BCUT2D eigenvalue weighted by Gasteiger charge is 2.09. The van der Waals surface area contributed by atoms with Crippen molar-refractivity contribution >= 4 is 21.8 Å². The van der Waals surface area contributed by atoms with Gasteiger partial charge in [-0.15, -0.1) is 0 Å². The van der Waals surface area contributed by atoms with Crippen molar-refractivity contribution in [2.24, 2.45) is 5.73 Å². The van der Waals surface area contributed by atoms with Crippen LogP contribution in [0.5, 0.6) is 11.8 Å². The molecule has 0 unspecified atom stereocenters. The number of amidine groups is 1. The molecule has 2 aromatic rings. The van der Waals surface area contributed by atoms with Crippen molar-refractivity contribution in [2.45, 2.75) is 20.8 Å². The summed E-state index contributed by atoms with van der Waals surface area (Å²) in [4.78, 5) is 8.31. The van der Waals surface area contributed by atoms with Crippen LogP contribution < -0.4 is 10.5 Å². The van der Waals surface area contributed by atoms with Gasteiger partial charge in [-0.05, 0) is 50.1 Å². The van der Waals surface area contributed by atoms with E-state index in [0.717, 1.165) is 15.6 Å². The maximum absolute atomic E-state index is 7.43. The second-order valence-electron chi connectivity index (χ2n) is 4.56. The van der Waals surface area contributed by atoms with Crippen LogP contribution >= 0.6 is 15.9 Å². The van der Waals surface area contributed by atoms with Gasteiger partial charge in [-0.25, -0.2) is 4.98 Å². The summed E-state index contributed by atoms with van der Waals surface area (Å²) in [6.45, 7) is 5.78. The van der Waals surface area contributed by atoms with Gasteiger partial charge in [0.25, 0.3) is 0 Å². The fourth-order valence-electron chi connectivity index (χ4n) is 1.80. The molecule has 0 fully saturated rings. The zero-order valence-electron chi connectivity index (χ0n) is 11.5. The van der Waals surface area contributed by atoms with Gasteiger partial charge in [0, 0.05) is 10.2 Å². The Hall–Kier alpha value is -1.95. The molecule has 0 atom stereocenters. The smallest absolute Gasteiger partial charge is 0.322 e. The van der Waals surface area contributed by atoms with Crippen LogP contribution in [-0.2, 0) is 0 Å². The van der Waals surface area contributed by atoms with Crippen LogP contribution in [0.3, 0.4) is 0 Å². The monoisotopic (exact) mass is 334 g/mol. The fraction of sp³-hybridized carbons (Fsp3) is 0.214. The number of benzene rings is 1. The van der Waals surface area contributed by atoms with E-state index in [0.29, 0.717) is 17.1 Å². The number of nitrogens with two attached hydrogens (primary N) is 1. The highest BCUT2D eigenvalue weighted by molar-refractivity contribution is 9.10. The number of aryl methyl sites for hydroxylation is 3. The molecule has 1 aromatic carbocycles. The number of rotatable bonds is 3. The minimum atomic E-state index is -0.108. The van der Waals surface area contributed by atoms with Crippen LogP contribution in [0, 0.1) is 26.2 Å². The first-order chi connectivity index (χ1) is 9.36. The van der Waals surface area contributed by atoms with Crippen LogP contribution in [0.25, 0.3) is 0 Å². The highest BCUT2D eigenvalue weighted by atomic mass is 79.9. The molecule has 104 valence electrons. The number of aromatic nitrogens is 2. The number of halogens is 1. The molecule has 0 radical (unpaired) electrons. The lowest BCUT2D eigenvalue weighted by molar-refractivity contribution is 0.439. The average molecular weight is 335 g/mol. The van der Waals surface area contributed by atoms with E-state index in [1.807, 2.05) is 26.0 Å². The Balaban J connectivity index is 2.37. The standard InChI is InChI=1S/C14H15BrN4O/c1-7-4-10(5-8(2)12(7)15)20-14-18-9(3)6-11(19-14)13(16)17/h4-6H,1-3H3,(H3,16,17). The highest BCUT2D eigenvalue weighted by Crippen LogP contribution is 2.28. The molecule has 2 rings (SSSR count). The van der Waals surface area contributed by atoms with Crippen LogP contribution in [0.2, 0.25) is 0 Å². The molecular weight excluding hydrogens is 320 g/mol. The Labute approximate surface area is 125 Å². The van der Waals surface area contributed by atoms with Crippen molar-refractivity contribution < 1.29 is 4.74 Å². The number of hydrogen-bond acceptors (Lipinski definition) is 4. The van der Waals surface area contributed by atoms with E-state index in [1.54, 1.807) is 13.0 Å². The maximum atomic E-state index is 7.43. The zero-order valence-corrected chi connectivity index (χ0v) is 13.1. The Morgan fingerprint density at radius 2 is 1.75 bits per heavy atom. The van der Waals surface area contributed by atoms with E-state index in [2.05, 4.69) is 25.9 Å². The average Bonchev–Trinajstić information content (AvgIpc) is 2.35. The molecule has 0 saturated carbocycles. The minimum Gasteiger partial charge on any atom is -0.424 e. The number of nitrogen functional groups attached to an aromatic ring is 1. The first-order valence-corrected chi connectivity index (χ1v) is 6.81. The molecule has 0 aliphatic carbocycles. The van der Waals surface area contributed by atoms with Gasteiger partial charge < -0.3 is 10.5 Å². The number of nitrogens with zero attached hydrogens (tertiary/aromatic N) is 2. The predicted octanol–water partition coefficient (Wildman–Crippen LogP) is 3.24. The molecule has 3 N–H and O–H groups in total. The lowest BCUT2D eigenvalue weighted by Crippen LogP contribution is -2.14. The second kappa shape index (κ2) is 5.58. The van der Waals surface area contributed by atoms with Crippen molar-refractivity contribution in [1.82, 2.24) is 9.97 Å². The van der Waals surface area contributed by atoms with Crippen LogP contribution in [0.1, 0.15) is 22.5 Å². The first-order valence-electron chi connectivity index (χ1n) is 6.01. The predicted molar refractivity (Wildman–Crippen MR) is 81.5 cm³/mol. The normalized spacial score (nSPS) is 10.4.